The molecule has 0 spiro atoms. The van der Waals surface area contributed by atoms with Crippen LogP contribution in [0, 0.1) is 10.1 Å². The number of rotatable bonds is 8. The van der Waals surface area contributed by atoms with Gasteiger partial charge < -0.3 is 4.74 Å². The second-order valence-electron chi connectivity index (χ2n) is 6.95. The highest BCUT2D eigenvalue weighted by molar-refractivity contribution is 7.14. The molecule has 4 aromatic rings. The molecular weight excluding hydrogens is 424 g/mol. The number of nitro benzene ring substituents is 1. The summed E-state index contributed by atoms with van der Waals surface area (Å²) < 4.78 is 5.82. The lowest BCUT2D eigenvalue weighted by Crippen LogP contribution is -2.00. The van der Waals surface area contributed by atoms with Crippen LogP contribution >= 0.6 is 11.3 Å². The third-order valence-corrected chi connectivity index (χ3v) is 5.46. The first-order valence-electron chi connectivity index (χ1n) is 9.86. The molecular formula is C24H20N4O3S. The predicted molar refractivity (Wildman–Crippen MR) is 127 cm³/mol. The van der Waals surface area contributed by atoms with Crippen LogP contribution in [-0.4, -0.2) is 15.6 Å². The predicted octanol–water partition coefficient (Wildman–Crippen LogP) is 6.13. The molecule has 0 radical (unpaired) electrons. The summed E-state index contributed by atoms with van der Waals surface area (Å²) in [7, 11) is 0. The second-order valence-corrected chi connectivity index (χ2v) is 7.81. The highest BCUT2D eigenvalue weighted by Crippen LogP contribution is 2.26. The van der Waals surface area contributed by atoms with Crippen LogP contribution in [0.25, 0.3) is 11.3 Å². The second kappa shape index (κ2) is 9.84. The third-order valence-electron chi connectivity index (χ3n) is 4.72. The van der Waals surface area contributed by atoms with Crippen molar-refractivity contribution in [1.29, 1.82) is 0 Å². The van der Waals surface area contributed by atoms with E-state index in [1.165, 1.54) is 23.5 Å². The number of thiazole rings is 1. The van der Waals surface area contributed by atoms with Crippen LogP contribution in [0.4, 0.5) is 10.8 Å². The van der Waals surface area contributed by atoms with E-state index in [9.17, 15) is 10.1 Å². The van der Waals surface area contributed by atoms with Gasteiger partial charge in [-0.25, -0.2) is 4.98 Å². The van der Waals surface area contributed by atoms with Crippen LogP contribution in [0.15, 0.2) is 89.3 Å². The Balaban J connectivity index is 1.36. The van der Waals surface area contributed by atoms with Crippen molar-refractivity contribution in [2.45, 2.75) is 13.5 Å². The molecule has 0 aliphatic rings. The summed E-state index contributed by atoms with van der Waals surface area (Å²) >= 11 is 1.42. The van der Waals surface area contributed by atoms with E-state index in [1.54, 1.807) is 12.1 Å². The number of nitro groups is 1. The third kappa shape index (κ3) is 5.35. The molecule has 1 heterocycles. The molecule has 7 nitrogen and oxygen atoms in total. The van der Waals surface area contributed by atoms with Crippen molar-refractivity contribution < 1.29 is 9.66 Å². The molecule has 0 fully saturated rings. The monoisotopic (exact) mass is 444 g/mol. The maximum absolute atomic E-state index is 10.8. The number of hydrogen-bond acceptors (Lipinski definition) is 7. The molecule has 32 heavy (non-hydrogen) atoms. The van der Waals surface area contributed by atoms with Crippen molar-refractivity contribution in [1.82, 2.24) is 4.98 Å². The van der Waals surface area contributed by atoms with Crippen molar-refractivity contribution in [3.05, 3.63) is 105 Å². The zero-order valence-corrected chi connectivity index (χ0v) is 18.1. The van der Waals surface area contributed by atoms with Crippen LogP contribution in [0.1, 0.15) is 18.1 Å². The van der Waals surface area contributed by atoms with E-state index in [0.717, 1.165) is 33.8 Å². The average molecular weight is 445 g/mol. The molecule has 1 N–H and O–H groups in total. The van der Waals surface area contributed by atoms with Crippen molar-refractivity contribution in [3.63, 3.8) is 0 Å². The highest BCUT2D eigenvalue weighted by atomic mass is 32.1. The first-order chi connectivity index (χ1) is 15.6. The van der Waals surface area contributed by atoms with Gasteiger partial charge in [0.05, 0.1) is 16.3 Å². The summed E-state index contributed by atoms with van der Waals surface area (Å²) in [6, 6.07) is 24.1. The van der Waals surface area contributed by atoms with E-state index in [-0.39, 0.29) is 5.69 Å². The molecule has 0 bridgehead atoms. The number of non-ortho nitro benzene ring substituents is 1. The van der Waals surface area contributed by atoms with E-state index < -0.39 is 4.92 Å². The Hall–Kier alpha value is -4.04. The normalized spacial score (nSPS) is 11.2. The van der Waals surface area contributed by atoms with E-state index in [0.29, 0.717) is 11.7 Å². The average Bonchev–Trinajstić information content (AvgIpc) is 3.31. The van der Waals surface area contributed by atoms with Crippen LogP contribution in [0.2, 0.25) is 0 Å². The van der Waals surface area contributed by atoms with Crippen molar-refractivity contribution >= 4 is 27.9 Å². The van der Waals surface area contributed by atoms with Gasteiger partial charge in [0.2, 0.25) is 5.13 Å². The van der Waals surface area contributed by atoms with Gasteiger partial charge >= 0.3 is 0 Å². The fraction of sp³-hybridized carbons (Fsp3) is 0.0833. The maximum Gasteiger partial charge on any atom is 0.269 e. The maximum atomic E-state index is 10.8. The Bertz CT molecular complexity index is 1220. The Morgan fingerprint density at radius 1 is 1.06 bits per heavy atom. The number of nitrogens with zero attached hydrogens (tertiary/aromatic N) is 3. The number of hydrogen-bond donors (Lipinski definition) is 1. The van der Waals surface area contributed by atoms with Crippen LogP contribution in [0.5, 0.6) is 5.75 Å². The van der Waals surface area contributed by atoms with E-state index in [4.69, 9.17) is 4.74 Å². The van der Waals surface area contributed by atoms with Crippen LogP contribution in [0.3, 0.4) is 0 Å². The number of ether oxygens (including phenoxy) is 1. The van der Waals surface area contributed by atoms with Gasteiger partial charge in [0, 0.05) is 23.1 Å². The van der Waals surface area contributed by atoms with Crippen LogP contribution < -0.4 is 10.2 Å². The lowest BCUT2D eigenvalue weighted by molar-refractivity contribution is -0.384. The summed E-state index contributed by atoms with van der Waals surface area (Å²) in [4.78, 5) is 14.9. The van der Waals surface area contributed by atoms with Gasteiger partial charge in [-0.1, -0.05) is 30.3 Å². The molecule has 0 saturated heterocycles. The molecule has 0 atom stereocenters. The molecule has 0 unspecified atom stereocenters. The molecule has 4 rings (SSSR count). The van der Waals surface area contributed by atoms with Gasteiger partial charge in [0.1, 0.15) is 12.4 Å². The molecule has 0 saturated carbocycles. The van der Waals surface area contributed by atoms with E-state index in [2.05, 4.69) is 15.5 Å². The SMILES string of the molecule is C/C(=N\Nc1nc(-c2ccc([N+](=O)[O-])cc2)cs1)c1ccc(OCc2ccccc2)cc1. The van der Waals surface area contributed by atoms with Crippen LogP contribution in [-0.2, 0) is 6.61 Å². The summed E-state index contributed by atoms with van der Waals surface area (Å²) in [6.07, 6.45) is 0. The number of aromatic nitrogens is 1. The van der Waals surface area contributed by atoms with Gasteiger partial charge in [-0.3, -0.25) is 15.5 Å². The first kappa shape index (κ1) is 21.2. The quantitative estimate of drug-likeness (QED) is 0.200. The van der Waals surface area contributed by atoms with Gasteiger partial charge in [-0.15, -0.1) is 11.3 Å². The smallest absolute Gasteiger partial charge is 0.269 e. The molecule has 8 heteroatoms. The topological polar surface area (TPSA) is 89.7 Å². The van der Waals surface area contributed by atoms with Gasteiger partial charge in [0.25, 0.3) is 5.69 Å². The highest BCUT2D eigenvalue weighted by Gasteiger charge is 2.08. The molecule has 0 amide bonds. The summed E-state index contributed by atoms with van der Waals surface area (Å²) in [5.41, 5.74) is 7.48. The fourth-order valence-corrected chi connectivity index (χ4v) is 3.60. The fourth-order valence-electron chi connectivity index (χ4n) is 2.94. The summed E-state index contributed by atoms with van der Waals surface area (Å²) in [5.74, 6) is 0.797. The van der Waals surface area contributed by atoms with E-state index >= 15 is 0 Å². The van der Waals surface area contributed by atoms with Gasteiger partial charge in [-0.05, 0) is 54.4 Å². The first-order valence-corrected chi connectivity index (χ1v) is 10.7. The molecule has 0 aliphatic heterocycles. The number of benzene rings is 3. The van der Waals surface area contributed by atoms with E-state index in [1.807, 2.05) is 66.9 Å². The number of nitrogens with one attached hydrogen (secondary N) is 1. The Morgan fingerprint density at radius 2 is 1.78 bits per heavy atom. The number of anilines is 1. The molecule has 3 aromatic carbocycles. The largest absolute Gasteiger partial charge is 0.489 e. The Kier molecular flexibility index (Phi) is 6.52. The van der Waals surface area contributed by atoms with Gasteiger partial charge in [0.15, 0.2) is 0 Å². The van der Waals surface area contributed by atoms with Crippen molar-refractivity contribution in [2.24, 2.45) is 5.10 Å². The Labute approximate surface area is 189 Å². The minimum atomic E-state index is -0.419. The zero-order valence-electron chi connectivity index (χ0n) is 17.3. The van der Waals surface area contributed by atoms with Gasteiger partial charge in [-0.2, -0.15) is 5.10 Å². The standard InChI is InChI=1S/C24H20N4O3S/c1-17(19-9-13-22(14-10-19)31-15-18-5-3-2-4-6-18)26-27-24-25-23(16-32-24)20-7-11-21(12-8-20)28(29)30/h2-14,16H,15H2,1H3,(H,25,27)/b26-17+. The number of hydrazone groups is 1. The summed E-state index contributed by atoms with van der Waals surface area (Å²) in [6.45, 7) is 2.44. The summed E-state index contributed by atoms with van der Waals surface area (Å²) in [5, 5.41) is 17.7. The lowest BCUT2D eigenvalue weighted by Gasteiger charge is -2.07. The zero-order chi connectivity index (χ0) is 22.3. The minimum Gasteiger partial charge on any atom is -0.489 e. The van der Waals surface area contributed by atoms with Crippen molar-refractivity contribution in [3.8, 4) is 17.0 Å². The minimum absolute atomic E-state index is 0.0547. The van der Waals surface area contributed by atoms with Crippen molar-refractivity contribution in [2.75, 3.05) is 5.43 Å². The lowest BCUT2D eigenvalue weighted by atomic mass is 10.1. The Morgan fingerprint density at radius 3 is 2.47 bits per heavy atom. The molecule has 160 valence electrons. The molecule has 1 aromatic heterocycles. The molecule has 0 aliphatic carbocycles.